The van der Waals surface area contributed by atoms with Gasteiger partial charge in [0.1, 0.15) is 4.21 Å². The molecule has 1 atom stereocenters. The van der Waals surface area contributed by atoms with Crippen molar-refractivity contribution in [2.24, 2.45) is 0 Å². The van der Waals surface area contributed by atoms with Crippen LogP contribution in [0.1, 0.15) is 37.4 Å². The third-order valence-corrected chi connectivity index (χ3v) is 8.73. The first-order valence-corrected chi connectivity index (χ1v) is 14.8. The summed E-state index contributed by atoms with van der Waals surface area (Å²) in [5, 5.41) is 9.54. The minimum Gasteiger partial charge on any atom is -0.392 e. The molecule has 1 aliphatic rings. The van der Waals surface area contributed by atoms with Crippen molar-refractivity contribution >= 4 is 43.8 Å². The van der Waals surface area contributed by atoms with Crippen LogP contribution in [0.2, 0.25) is 0 Å². The van der Waals surface area contributed by atoms with E-state index in [2.05, 4.69) is 32.5 Å². The van der Waals surface area contributed by atoms with E-state index in [4.69, 9.17) is 0 Å². The molecule has 0 bridgehead atoms. The fourth-order valence-corrected chi connectivity index (χ4v) is 6.46. The first kappa shape index (κ1) is 25.5. The summed E-state index contributed by atoms with van der Waals surface area (Å²) in [4.78, 5) is 19.8. The summed E-state index contributed by atoms with van der Waals surface area (Å²) < 4.78 is 25.7. The Balaban J connectivity index is 0.00000155. The average Bonchev–Trinajstić information content (AvgIpc) is 3.37. The zero-order valence-electron chi connectivity index (χ0n) is 17.8. The molecule has 0 spiro atoms. The molecule has 6 nitrogen and oxygen atoms in total. The fourth-order valence-electron chi connectivity index (χ4n) is 3.56. The lowest BCUT2D eigenvalue weighted by Gasteiger charge is -2.14. The number of unbranched alkanes of at least 4 members (excludes halogenated alkanes) is 1. The lowest BCUT2D eigenvalue weighted by Crippen LogP contribution is -2.23. The van der Waals surface area contributed by atoms with Crippen molar-refractivity contribution in [1.29, 1.82) is 0 Å². The Hall–Kier alpha value is -0.750. The number of thiophene rings is 1. The number of aromatic nitrogens is 1. The van der Waals surface area contributed by atoms with E-state index in [-0.39, 0.29) is 17.4 Å². The topological polar surface area (TPSA) is 90.5 Å². The van der Waals surface area contributed by atoms with E-state index in [1.807, 2.05) is 30.9 Å². The van der Waals surface area contributed by atoms with E-state index in [1.165, 1.54) is 11.3 Å². The van der Waals surface area contributed by atoms with E-state index < -0.39 is 9.84 Å². The van der Waals surface area contributed by atoms with E-state index in [0.717, 1.165) is 42.1 Å². The highest BCUT2D eigenvalue weighted by Gasteiger charge is 2.21. The van der Waals surface area contributed by atoms with Gasteiger partial charge in [0.15, 0.2) is 9.84 Å². The number of nitrogens with one attached hydrogen (secondary N) is 1. The minimum absolute atomic E-state index is 0.0846. The van der Waals surface area contributed by atoms with E-state index in [0.29, 0.717) is 29.2 Å². The van der Waals surface area contributed by atoms with Crippen LogP contribution in [0.15, 0.2) is 27.2 Å². The summed E-state index contributed by atoms with van der Waals surface area (Å²) >= 11 is 3.41. The fraction of sp³-hybridized carbons (Fsp3) is 0.571. The quantitative estimate of drug-likeness (QED) is 0.289. The second kappa shape index (κ2) is 11.8. The number of rotatable bonds is 8. The van der Waals surface area contributed by atoms with Gasteiger partial charge in [-0.25, -0.2) is 8.42 Å². The second-order valence-electron chi connectivity index (χ2n) is 7.40. The van der Waals surface area contributed by atoms with E-state index >= 15 is 0 Å². The summed E-state index contributed by atoms with van der Waals surface area (Å²) in [7, 11) is -3.31. The minimum atomic E-state index is -3.31. The van der Waals surface area contributed by atoms with Gasteiger partial charge in [0.25, 0.3) is 5.56 Å². The predicted octanol–water partition coefficient (Wildman–Crippen LogP) is 3.65. The van der Waals surface area contributed by atoms with Gasteiger partial charge in [-0.3, -0.25) is 4.79 Å². The second-order valence-corrected chi connectivity index (χ2v) is 10.8. The van der Waals surface area contributed by atoms with E-state index in [1.54, 1.807) is 6.07 Å². The molecule has 1 fully saturated rings. The third kappa shape index (κ3) is 6.62. The van der Waals surface area contributed by atoms with Crippen LogP contribution in [-0.4, -0.2) is 59.8 Å². The third-order valence-electron chi connectivity index (χ3n) is 5.23. The van der Waals surface area contributed by atoms with Crippen LogP contribution in [0.3, 0.4) is 0 Å². The monoisotopic (exact) mass is 566 g/mol. The molecule has 2 N–H and O–H groups in total. The maximum absolute atomic E-state index is 12.7. The molecule has 1 aliphatic heterocycles. The molecule has 0 aliphatic carbocycles. The van der Waals surface area contributed by atoms with Gasteiger partial charge < -0.3 is 15.0 Å². The van der Waals surface area contributed by atoms with Crippen LogP contribution in [-0.2, 0) is 16.3 Å². The van der Waals surface area contributed by atoms with Gasteiger partial charge in [-0.15, -0.1) is 11.3 Å². The van der Waals surface area contributed by atoms with Gasteiger partial charge in [0.2, 0.25) is 0 Å². The number of pyridine rings is 1. The van der Waals surface area contributed by atoms with Crippen molar-refractivity contribution in [3.63, 3.8) is 0 Å². The molecule has 0 saturated carbocycles. The smallest absolute Gasteiger partial charge is 0.251 e. The number of aliphatic hydroxyl groups excluding tert-OH is 1. The Bertz CT molecular complexity index is 985. The molecule has 3 rings (SSSR count). The van der Waals surface area contributed by atoms with Crippen molar-refractivity contribution < 1.29 is 13.5 Å². The standard InChI is InChI=1S/C20H28N2O4S2.CH3I/c1-3-15-12-17(14(2)21-20(15)24)18-6-7-19(27-18)28(25,26)11-5-4-9-22-10-8-16(23)13-22;1-2/h6-7,12,16,23H,3-5,8-11,13H2,1-2H3,(H,21,24);1H3. The number of aliphatic hydroxyl groups is 1. The lowest BCUT2D eigenvalue weighted by molar-refractivity contribution is 0.176. The highest BCUT2D eigenvalue weighted by Crippen LogP contribution is 2.33. The molecule has 1 saturated heterocycles. The van der Waals surface area contributed by atoms with Crippen molar-refractivity contribution in [1.82, 2.24) is 9.88 Å². The van der Waals surface area contributed by atoms with Crippen molar-refractivity contribution in [3.8, 4) is 10.4 Å². The summed E-state index contributed by atoms with van der Waals surface area (Å²) in [6.07, 6.45) is 2.62. The molecular formula is C21H31IN2O4S2. The normalized spacial score (nSPS) is 17.0. The molecule has 2 aromatic rings. The number of likely N-dealkylation sites (tertiary alicyclic amines) is 1. The molecule has 1 unspecified atom stereocenters. The number of sulfone groups is 1. The maximum Gasteiger partial charge on any atom is 0.251 e. The number of hydrogen-bond donors (Lipinski definition) is 2. The molecule has 168 valence electrons. The van der Waals surface area contributed by atoms with Crippen LogP contribution in [0.5, 0.6) is 0 Å². The van der Waals surface area contributed by atoms with Crippen molar-refractivity contribution in [2.75, 3.05) is 30.3 Å². The predicted molar refractivity (Wildman–Crippen MR) is 133 cm³/mol. The molecule has 0 radical (unpaired) electrons. The van der Waals surface area contributed by atoms with Crippen LogP contribution in [0, 0.1) is 6.92 Å². The summed E-state index contributed by atoms with van der Waals surface area (Å²) in [6.45, 7) is 6.18. The van der Waals surface area contributed by atoms with Crippen LogP contribution in [0.4, 0.5) is 0 Å². The lowest BCUT2D eigenvalue weighted by atomic mass is 10.1. The number of halogens is 1. The highest BCUT2D eigenvalue weighted by atomic mass is 127. The molecule has 2 aromatic heterocycles. The molecule has 0 amide bonds. The SMILES string of the molecule is CCc1cc(-c2ccc(S(=O)(=O)CCCCN3CCC(O)C3)s2)c(C)[nH]c1=O.CI. The number of β-amino-alcohol motifs (C(OH)–C–C–N with tert-alkyl or cyclic N) is 1. The van der Waals surface area contributed by atoms with Crippen molar-refractivity contribution in [3.05, 3.63) is 39.8 Å². The number of hydrogen-bond acceptors (Lipinski definition) is 6. The zero-order chi connectivity index (χ0) is 22.3. The summed E-state index contributed by atoms with van der Waals surface area (Å²) in [5.74, 6) is 0.133. The maximum atomic E-state index is 12.7. The summed E-state index contributed by atoms with van der Waals surface area (Å²) in [5.41, 5.74) is 2.25. The van der Waals surface area contributed by atoms with E-state index in [9.17, 15) is 18.3 Å². The highest BCUT2D eigenvalue weighted by molar-refractivity contribution is 14.1. The number of H-pyrrole nitrogens is 1. The average molecular weight is 567 g/mol. The van der Waals surface area contributed by atoms with Crippen LogP contribution < -0.4 is 5.56 Å². The number of aryl methyl sites for hydroxylation is 2. The zero-order valence-corrected chi connectivity index (χ0v) is 21.6. The summed E-state index contributed by atoms with van der Waals surface area (Å²) in [6, 6.07) is 5.35. The first-order valence-electron chi connectivity index (χ1n) is 10.1. The Morgan fingerprint density at radius 2 is 2.03 bits per heavy atom. The van der Waals surface area contributed by atoms with Gasteiger partial charge >= 0.3 is 0 Å². The largest absolute Gasteiger partial charge is 0.392 e. The Morgan fingerprint density at radius 1 is 1.30 bits per heavy atom. The molecular weight excluding hydrogens is 535 g/mol. The molecule has 30 heavy (non-hydrogen) atoms. The molecule has 0 aromatic carbocycles. The van der Waals surface area contributed by atoms with Gasteiger partial charge in [0.05, 0.1) is 11.9 Å². The van der Waals surface area contributed by atoms with Gasteiger partial charge in [0, 0.05) is 34.8 Å². The number of aromatic amines is 1. The molecule has 3 heterocycles. The number of alkyl halides is 1. The Morgan fingerprint density at radius 3 is 2.67 bits per heavy atom. The van der Waals surface area contributed by atoms with Crippen molar-refractivity contribution in [2.45, 2.75) is 49.8 Å². The number of nitrogens with zero attached hydrogens (tertiary/aromatic N) is 1. The Kier molecular flexibility index (Phi) is 9.99. The van der Waals surface area contributed by atoms with Gasteiger partial charge in [-0.1, -0.05) is 29.5 Å². The first-order chi connectivity index (χ1) is 14.3. The van der Waals surface area contributed by atoms with Crippen LogP contribution in [0.25, 0.3) is 10.4 Å². The van der Waals surface area contributed by atoms with Gasteiger partial charge in [-0.05, 0) is 62.3 Å². The Labute approximate surface area is 196 Å². The van der Waals surface area contributed by atoms with Gasteiger partial charge in [-0.2, -0.15) is 0 Å². The molecule has 9 heteroatoms. The van der Waals surface area contributed by atoms with Crippen LogP contribution >= 0.6 is 33.9 Å².